The van der Waals surface area contributed by atoms with E-state index < -0.39 is 35.9 Å². The smallest absolute Gasteiger partial charge is 0.340 e. The lowest BCUT2D eigenvalue weighted by atomic mass is 9.81. The molecule has 2 aromatic heterocycles. The highest BCUT2D eigenvalue weighted by Gasteiger charge is 2.45. The van der Waals surface area contributed by atoms with Gasteiger partial charge in [-0.3, -0.25) is 0 Å². The number of rotatable bonds is 13. The van der Waals surface area contributed by atoms with Crippen molar-refractivity contribution in [2.75, 3.05) is 6.79 Å². The molecule has 0 bridgehead atoms. The first-order valence-corrected chi connectivity index (χ1v) is 16.0. The van der Waals surface area contributed by atoms with Crippen LogP contribution in [0.5, 0.6) is 5.75 Å². The van der Waals surface area contributed by atoms with Crippen LogP contribution in [0.3, 0.4) is 0 Å². The number of ether oxygens (including phenoxy) is 3. The monoisotopic (exact) mass is 677 g/mol. The average Bonchev–Trinajstić information content (AvgIpc) is 3.84. The summed E-state index contributed by atoms with van der Waals surface area (Å²) in [5.74, 6) is -2.51. The first kappa shape index (κ1) is 33.1. The van der Waals surface area contributed by atoms with Crippen LogP contribution >= 0.6 is 11.3 Å². The van der Waals surface area contributed by atoms with Crippen LogP contribution in [0.15, 0.2) is 115 Å². The van der Waals surface area contributed by atoms with Gasteiger partial charge in [0.1, 0.15) is 42.2 Å². The number of esters is 1. The average molecular weight is 678 g/mol. The van der Waals surface area contributed by atoms with E-state index in [1.165, 1.54) is 34.7 Å². The second kappa shape index (κ2) is 15.0. The quantitative estimate of drug-likeness (QED) is 0.0905. The first-order chi connectivity index (χ1) is 23.8. The van der Waals surface area contributed by atoms with Gasteiger partial charge in [-0.15, -0.1) is 11.3 Å². The molecule has 12 heteroatoms. The number of benzene rings is 4. The number of hydrogen-bond donors (Lipinski definition) is 0. The van der Waals surface area contributed by atoms with Crippen LogP contribution in [-0.4, -0.2) is 32.5 Å². The van der Waals surface area contributed by atoms with Crippen molar-refractivity contribution in [1.29, 1.82) is 5.26 Å². The van der Waals surface area contributed by atoms with Gasteiger partial charge in [0.15, 0.2) is 6.79 Å². The third-order valence-corrected chi connectivity index (χ3v) is 9.00. The number of aromatic nitrogens is 4. The van der Waals surface area contributed by atoms with E-state index in [1.807, 2.05) is 35.7 Å². The Bertz CT molecular complexity index is 2070. The highest BCUT2D eigenvalue weighted by molar-refractivity contribution is 7.10. The van der Waals surface area contributed by atoms with Crippen molar-refractivity contribution >= 4 is 17.3 Å². The van der Waals surface area contributed by atoms with Crippen LogP contribution in [0.2, 0.25) is 0 Å². The number of hydrogen-bond acceptors (Lipinski definition) is 9. The predicted octanol–water partition coefficient (Wildman–Crippen LogP) is 7.66. The fourth-order valence-electron chi connectivity index (χ4n) is 5.35. The number of carbonyl (C=O) groups is 1. The van der Waals surface area contributed by atoms with Crippen LogP contribution in [0.1, 0.15) is 44.9 Å². The van der Waals surface area contributed by atoms with Gasteiger partial charge in [0.05, 0.1) is 34.4 Å². The molecule has 0 radical (unpaired) electrons. The lowest BCUT2D eigenvalue weighted by Crippen LogP contribution is -2.42. The summed E-state index contributed by atoms with van der Waals surface area (Å²) in [5, 5.41) is 15.8. The zero-order chi connectivity index (χ0) is 34.2. The van der Waals surface area contributed by atoms with E-state index in [0.717, 1.165) is 23.3 Å². The van der Waals surface area contributed by atoms with Crippen molar-refractivity contribution in [1.82, 2.24) is 19.7 Å². The largest absolute Gasteiger partial charge is 0.489 e. The Balaban J connectivity index is 1.28. The van der Waals surface area contributed by atoms with Crippen molar-refractivity contribution in [3.05, 3.63) is 154 Å². The van der Waals surface area contributed by atoms with E-state index in [2.05, 4.69) is 16.2 Å². The molecule has 0 unspecified atom stereocenters. The SMILES string of the molecule is C[C@@H](c1nc(-c2ccc(C#N)cc2)cs1)[C@@](Cn1cncn1)(OCOC(=O)c1cccc(OCc2ccccc2)c1)c1ccc(F)cc1F. The van der Waals surface area contributed by atoms with E-state index >= 15 is 4.39 Å². The van der Waals surface area contributed by atoms with Gasteiger partial charge in [-0.1, -0.05) is 61.5 Å². The summed E-state index contributed by atoms with van der Waals surface area (Å²) in [6.07, 6.45) is 2.78. The summed E-state index contributed by atoms with van der Waals surface area (Å²) in [4.78, 5) is 22.1. The Hall–Kier alpha value is -5.77. The molecule has 0 N–H and O–H groups in total. The van der Waals surface area contributed by atoms with Gasteiger partial charge in [0, 0.05) is 28.5 Å². The molecule has 4 aromatic carbocycles. The minimum atomic E-state index is -1.60. The van der Waals surface area contributed by atoms with Gasteiger partial charge in [-0.25, -0.2) is 28.2 Å². The number of halogens is 2. The molecule has 6 rings (SSSR count). The highest BCUT2D eigenvalue weighted by Crippen LogP contribution is 2.44. The molecule has 0 aliphatic carbocycles. The summed E-state index contributed by atoms with van der Waals surface area (Å²) in [6, 6.07) is 28.5. The van der Waals surface area contributed by atoms with Gasteiger partial charge < -0.3 is 14.2 Å². The lowest BCUT2D eigenvalue weighted by molar-refractivity contribution is -0.148. The molecule has 0 saturated heterocycles. The molecule has 2 heterocycles. The molecule has 246 valence electrons. The van der Waals surface area contributed by atoms with Crippen molar-refractivity contribution in [2.45, 2.75) is 31.6 Å². The summed E-state index contributed by atoms with van der Waals surface area (Å²) >= 11 is 1.33. The molecule has 49 heavy (non-hydrogen) atoms. The molecule has 0 spiro atoms. The van der Waals surface area contributed by atoms with E-state index in [1.54, 1.807) is 55.5 Å². The predicted molar refractivity (Wildman–Crippen MR) is 177 cm³/mol. The fraction of sp³-hybridized carbons (Fsp3) is 0.162. The summed E-state index contributed by atoms with van der Waals surface area (Å²) in [7, 11) is 0. The molecule has 0 fully saturated rings. The number of thiazole rings is 1. The molecule has 0 aliphatic heterocycles. The highest BCUT2D eigenvalue weighted by atomic mass is 32.1. The van der Waals surface area contributed by atoms with Crippen LogP contribution < -0.4 is 4.74 Å². The Morgan fingerprint density at radius 1 is 1.02 bits per heavy atom. The van der Waals surface area contributed by atoms with Crippen LogP contribution in [0.25, 0.3) is 11.3 Å². The maximum atomic E-state index is 15.8. The number of nitriles is 1. The van der Waals surface area contributed by atoms with Gasteiger partial charge >= 0.3 is 5.97 Å². The van der Waals surface area contributed by atoms with E-state index in [-0.39, 0.29) is 17.7 Å². The normalized spacial score (nSPS) is 12.9. The van der Waals surface area contributed by atoms with E-state index in [4.69, 9.17) is 19.2 Å². The molecule has 0 amide bonds. The summed E-state index contributed by atoms with van der Waals surface area (Å²) in [5.41, 5.74) is 1.55. The molecular weight excluding hydrogens is 649 g/mol. The van der Waals surface area contributed by atoms with E-state index in [0.29, 0.717) is 28.6 Å². The molecule has 0 aliphatic rings. The maximum Gasteiger partial charge on any atom is 0.340 e. The van der Waals surface area contributed by atoms with Gasteiger partial charge in [-0.05, 0) is 42.0 Å². The van der Waals surface area contributed by atoms with Gasteiger partial charge in [-0.2, -0.15) is 10.4 Å². The fourth-order valence-corrected chi connectivity index (χ4v) is 6.32. The number of nitrogens with zero attached hydrogens (tertiary/aromatic N) is 5. The zero-order valence-electron chi connectivity index (χ0n) is 26.2. The topological polar surface area (TPSA) is 112 Å². The second-order valence-corrected chi connectivity index (χ2v) is 12.0. The molecule has 0 saturated carbocycles. The summed E-state index contributed by atoms with van der Waals surface area (Å²) in [6.45, 7) is 1.45. The molecule has 2 atom stereocenters. The van der Waals surface area contributed by atoms with Crippen LogP contribution in [-0.2, 0) is 28.2 Å². The Morgan fingerprint density at radius 2 is 1.84 bits per heavy atom. The first-order valence-electron chi connectivity index (χ1n) is 15.2. The maximum absolute atomic E-state index is 15.8. The van der Waals surface area contributed by atoms with E-state index in [9.17, 15) is 14.4 Å². The molecule has 9 nitrogen and oxygen atoms in total. The third-order valence-electron chi connectivity index (χ3n) is 7.98. The Morgan fingerprint density at radius 3 is 2.57 bits per heavy atom. The second-order valence-electron chi connectivity index (χ2n) is 11.1. The number of carbonyl (C=O) groups excluding carboxylic acids is 1. The Labute approximate surface area is 285 Å². The summed E-state index contributed by atoms with van der Waals surface area (Å²) < 4.78 is 49.3. The minimum Gasteiger partial charge on any atom is -0.489 e. The van der Waals surface area contributed by atoms with Crippen LogP contribution in [0, 0.1) is 23.0 Å². The molecule has 6 aromatic rings. The van der Waals surface area contributed by atoms with Gasteiger partial charge in [0.2, 0.25) is 0 Å². The van der Waals surface area contributed by atoms with Crippen molar-refractivity contribution in [2.24, 2.45) is 0 Å². The van der Waals surface area contributed by atoms with Crippen molar-refractivity contribution in [3.8, 4) is 23.1 Å². The van der Waals surface area contributed by atoms with Crippen molar-refractivity contribution < 1.29 is 27.8 Å². The Kier molecular flexibility index (Phi) is 10.1. The lowest BCUT2D eigenvalue weighted by Gasteiger charge is -2.38. The standard InChI is InChI=1S/C37H29F2N5O4S/c1-25(35-43-34(20-49-35)28-12-10-26(18-40)11-13-28)37(21-44-23-41-22-42-44,32-15-14-30(38)17-33(32)39)48-24-47-36(45)29-8-5-9-31(16-29)46-19-27-6-3-2-4-7-27/h2-17,20,22-23,25H,19,21,24H2,1H3/t25-,37+/m0/s1. The third kappa shape index (κ3) is 7.70. The van der Waals surface area contributed by atoms with Crippen molar-refractivity contribution in [3.63, 3.8) is 0 Å². The molecular formula is C37H29F2N5O4S. The van der Waals surface area contributed by atoms with Gasteiger partial charge in [0.25, 0.3) is 0 Å². The van der Waals surface area contributed by atoms with Crippen LogP contribution in [0.4, 0.5) is 8.78 Å². The zero-order valence-corrected chi connectivity index (χ0v) is 27.0. The minimum absolute atomic E-state index is 0.0133.